The van der Waals surface area contributed by atoms with Crippen LogP contribution in [-0.4, -0.2) is 18.8 Å². The van der Waals surface area contributed by atoms with Gasteiger partial charge in [0.1, 0.15) is 0 Å². The maximum absolute atomic E-state index is 3.48. The van der Waals surface area contributed by atoms with Gasteiger partial charge >= 0.3 is 0 Å². The van der Waals surface area contributed by atoms with E-state index < -0.39 is 0 Å². The van der Waals surface area contributed by atoms with Crippen LogP contribution in [0.4, 0.5) is 0 Å². The summed E-state index contributed by atoms with van der Waals surface area (Å²) in [6.45, 7) is 7.81. The highest BCUT2D eigenvalue weighted by molar-refractivity contribution is 4.86. The average Bonchev–Trinajstić information content (AvgIpc) is 2.34. The molecule has 11 heavy (non-hydrogen) atoms. The van der Waals surface area contributed by atoms with Gasteiger partial charge in [-0.25, -0.2) is 0 Å². The summed E-state index contributed by atoms with van der Waals surface area (Å²) < 4.78 is 0. The van der Waals surface area contributed by atoms with E-state index in [1.165, 1.54) is 12.8 Å². The van der Waals surface area contributed by atoms with Crippen LogP contribution in [0.25, 0.3) is 0 Å². The minimum Gasteiger partial charge on any atom is -0.300 e. The summed E-state index contributed by atoms with van der Waals surface area (Å²) in [4.78, 5) is 0. The third kappa shape index (κ3) is 2.46. The van der Waals surface area contributed by atoms with Crippen LogP contribution in [0.3, 0.4) is 0 Å². The van der Waals surface area contributed by atoms with E-state index in [-0.39, 0.29) is 0 Å². The SMILES string of the molecule is CCC1NCNC1CC(C)C. The minimum absolute atomic E-state index is 0.706. The van der Waals surface area contributed by atoms with E-state index in [1.807, 2.05) is 0 Å². The lowest BCUT2D eigenvalue weighted by atomic mass is 9.97. The molecule has 2 nitrogen and oxygen atoms in total. The van der Waals surface area contributed by atoms with E-state index in [2.05, 4.69) is 31.4 Å². The van der Waals surface area contributed by atoms with Gasteiger partial charge in [0.05, 0.1) is 0 Å². The van der Waals surface area contributed by atoms with Crippen LogP contribution in [-0.2, 0) is 0 Å². The molecule has 1 fully saturated rings. The minimum atomic E-state index is 0.706. The van der Waals surface area contributed by atoms with Crippen LogP contribution in [0.1, 0.15) is 33.6 Å². The first kappa shape index (κ1) is 9.01. The van der Waals surface area contributed by atoms with Crippen LogP contribution in [0.5, 0.6) is 0 Å². The lowest BCUT2D eigenvalue weighted by Crippen LogP contribution is -2.33. The third-order valence-corrected chi connectivity index (χ3v) is 2.38. The fourth-order valence-corrected chi connectivity index (χ4v) is 1.79. The molecule has 0 bridgehead atoms. The second kappa shape index (κ2) is 4.07. The Morgan fingerprint density at radius 2 is 1.91 bits per heavy atom. The normalized spacial score (nSPS) is 31.6. The summed E-state index contributed by atoms with van der Waals surface area (Å²) in [6.07, 6.45) is 2.54. The van der Waals surface area contributed by atoms with E-state index in [1.54, 1.807) is 0 Å². The van der Waals surface area contributed by atoms with Crippen molar-refractivity contribution in [1.29, 1.82) is 0 Å². The summed E-state index contributed by atoms with van der Waals surface area (Å²) in [7, 11) is 0. The van der Waals surface area contributed by atoms with Crippen LogP contribution < -0.4 is 10.6 Å². The van der Waals surface area contributed by atoms with Crippen LogP contribution >= 0.6 is 0 Å². The fourth-order valence-electron chi connectivity index (χ4n) is 1.79. The highest BCUT2D eigenvalue weighted by Crippen LogP contribution is 2.12. The van der Waals surface area contributed by atoms with Crippen molar-refractivity contribution in [2.45, 2.75) is 45.7 Å². The van der Waals surface area contributed by atoms with Gasteiger partial charge in [-0.1, -0.05) is 20.8 Å². The first-order chi connectivity index (χ1) is 5.24. The van der Waals surface area contributed by atoms with Crippen LogP contribution in [0, 0.1) is 5.92 Å². The Bertz CT molecular complexity index is 112. The first-order valence-electron chi connectivity index (χ1n) is 4.70. The Kier molecular flexibility index (Phi) is 3.34. The van der Waals surface area contributed by atoms with Gasteiger partial charge in [-0.15, -0.1) is 0 Å². The lowest BCUT2D eigenvalue weighted by Gasteiger charge is -2.19. The molecule has 2 unspecified atom stereocenters. The Morgan fingerprint density at radius 1 is 1.27 bits per heavy atom. The molecule has 0 aromatic carbocycles. The van der Waals surface area contributed by atoms with E-state index in [0.29, 0.717) is 12.1 Å². The van der Waals surface area contributed by atoms with Crippen molar-refractivity contribution in [3.8, 4) is 0 Å². The number of hydrogen-bond donors (Lipinski definition) is 2. The first-order valence-corrected chi connectivity index (χ1v) is 4.70. The van der Waals surface area contributed by atoms with Gasteiger partial charge in [-0.3, -0.25) is 0 Å². The van der Waals surface area contributed by atoms with Crippen molar-refractivity contribution in [2.75, 3.05) is 6.67 Å². The zero-order chi connectivity index (χ0) is 8.27. The van der Waals surface area contributed by atoms with Crippen molar-refractivity contribution in [3.63, 3.8) is 0 Å². The van der Waals surface area contributed by atoms with Gasteiger partial charge < -0.3 is 10.6 Å². The smallest absolute Gasteiger partial charge is 0.0459 e. The van der Waals surface area contributed by atoms with Crippen molar-refractivity contribution in [2.24, 2.45) is 5.92 Å². The Morgan fingerprint density at radius 3 is 2.45 bits per heavy atom. The molecule has 0 radical (unpaired) electrons. The quantitative estimate of drug-likeness (QED) is 0.644. The zero-order valence-corrected chi connectivity index (χ0v) is 7.85. The molecule has 1 aliphatic heterocycles. The number of rotatable bonds is 3. The molecular formula is C9H20N2. The van der Waals surface area contributed by atoms with E-state index >= 15 is 0 Å². The molecule has 66 valence electrons. The molecule has 0 aromatic rings. The van der Waals surface area contributed by atoms with Crippen LogP contribution in [0.15, 0.2) is 0 Å². The molecule has 0 aliphatic carbocycles. The summed E-state index contributed by atoms with van der Waals surface area (Å²) in [5.74, 6) is 0.807. The van der Waals surface area contributed by atoms with E-state index in [0.717, 1.165) is 12.6 Å². The number of hydrogen-bond acceptors (Lipinski definition) is 2. The molecule has 2 N–H and O–H groups in total. The Labute approximate surface area is 69.8 Å². The predicted molar refractivity (Wildman–Crippen MR) is 48.5 cm³/mol. The van der Waals surface area contributed by atoms with Gasteiger partial charge in [-0.2, -0.15) is 0 Å². The van der Waals surface area contributed by atoms with E-state index in [4.69, 9.17) is 0 Å². The molecule has 0 amide bonds. The van der Waals surface area contributed by atoms with Gasteiger partial charge in [0.15, 0.2) is 0 Å². The topological polar surface area (TPSA) is 24.1 Å². The molecule has 1 saturated heterocycles. The molecule has 2 heteroatoms. The fraction of sp³-hybridized carbons (Fsp3) is 1.00. The molecule has 0 aromatic heterocycles. The molecule has 1 heterocycles. The van der Waals surface area contributed by atoms with Crippen molar-refractivity contribution in [1.82, 2.24) is 10.6 Å². The molecule has 1 aliphatic rings. The second-order valence-electron chi connectivity index (χ2n) is 3.84. The average molecular weight is 156 g/mol. The Balaban J connectivity index is 2.31. The highest BCUT2D eigenvalue weighted by atomic mass is 15.2. The summed E-state index contributed by atoms with van der Waals surface area (Å²) in [6, 6.07) is 1.41. The maximum atomic E-state index is 3.48. The summed E-state index contributed by atoms with van der Waals surface area (Å²) >= 11 is 0. The standard InChI is InChI=1S/C9H20N2/c1-4-8-9(5-7(2)3)11-6-10-8/h7-11H,4-6H2,1-3H3. The maximum Gasteiger partial charge on any atom is 0.0459 e. The monoisotopic (exact) mass is 156 g/mol. The van der Waals surface area contributed by atoms with Crippen molar-refractivity contribution >= 4 is 0 Å². The lowest BCUT2D eigenvalue weighted by molar-refractivity contribution is 0.412. The van der Waals surface area contributed by atoms with Crippen molar-refractivity contribution in [3.05, 3.63) is 0 Å². The number of nitrogens with one attached hydrogen (secondary N) is 2. The van der Waals surface area contributed by atoms with Crippen molar-refractivity contribution < 1.29 is 0 Å². The predicted octanol–water partition coefficient (Wildman–Crippen LogP) is 1.33. The van der Waals surface area contributed by atoms with Crippen LogP contribution in [0.2, 0.25) is 0 Å². The van der Waals surface area contributed by atoms with Gasteiger partial charge in [0.2, 0.25) is 0 Å². The van der Waals surface area contributed by atoms with Gasteiger partial charge in [0.25, 0.3) is 0 Å². The summed E-state index contributed by atoms with van der Waals surface area (Å²) in [5.41, 5.74) is 0. The largest absolute Gasteiger partial charge is 0.300 e. The molecule has 0 spiro atoms. The zero-order valence-electron chi connectivity index (χ0n) is 7.85. The molecule has 2 atom stereocenters. The van der Waals surface area contributed by atoms with Gasteiger partial charge in [0, 0.05) is 18.8 Å². The highest BCUT2D eigenvalue weighted by Gasteiger charge is 2.24. The van der Waals surface area contributed by atoms with Gasteiger partial charge in [-0.05, 0) is 18.8 Å². The second-order valence-corrected chi connectivity index (χ2v) is 3.84. The molecule has 1 rings (SSSR count). The molecular weight excluding hydrogens is 136 g/mol. The van der Waals surface area contributed by atoms with E-state index in [9.17, 15) is 0 Å². The Hall–Kier alpha value is -0.0800. The third-order valence-electron chi connectivity index (χ3n) is 2.38. The summed E-state index contributed by atoms with van der Waals surface area (Å²) in [5, 5.41) is 6.93. The molecule has 0 saturated carbocycles.